The first-order valence-electron chi connectivity index (χ1n) is 8.74. The number of imide groups is 1. The SMILES string of the molecule is C[C@]1(c2cccc([N+](=O)[O-])c2)NC(=O)N(Cc2cnn(-c3ccccc3)n2)C1=O. The molecule has 2 aromatic carbocycles. The molecule has 1 saturated heterocycles. The van der Waals surface area contributed by atoms with Gasteiger partial charge >= 0.3 is 6.03 Å². The van der Waals surface area contributed by atoms with Crippen LogP contribution < -0.4 is 5.32 Å². The number of nitro benzene ring substituents is 1. The molecular formula is C19H16N6O4. The molecule has 1 N–H and O–H groups in total. The standard InChI is InChI=1S/C19H16N6O4/c1-19(13-6-5-9-16(10-13)25(28)29)17(26)23(18(27)21-19)12-14-11-20-24(22-14)15-7-3-2-4-8-15/h2-11H,12H2,1H3,(H,21,27)/t19-/m1/s1. The Labute approximate surface area is 164 Å². The van der Waals surface area contributed by atoms with E-state index in [1.54, 1.807) is 6.07 Å². The van der Waals surface area contributed by atoms with Crippen LogP contribution in [0, 0.1) is 10.1 Å². The van der Waals surface area contributed by atoms with Crippen molar-refractivity contribution in [3.05, 3.63) is 82.2 Å². The lowest BCUT2D eigenvalue weighted by molar-refractivity contribution is -0.385. The van der Waals surface area contributed by atoms with E-state index in [2.05, 4.69) is 15.5 Å². The van der Waals surface area contributed by atoms with Crippen molar-refractivity contribution < 1.29 is 14.5 Å². The number of carbonyl (C=O) groups excluding carboxylic acids is 2. The number of para-hydroxylation sites is 1. The number of hydrogen-bond donors (Lipinski definition) is 1. The first-order chi connectivity index (χ1) is 13.9. The third kappa shape index (κ3) is 3.20. The summed E-state index contributed by atoms with van der Waals surface area (Å²) in [6.07, 6.45) is 1.48. The molecular weight excluding hydrogens is 376 g/mol. The van der Waals surface area contributed by atoms with Crippen LogP contribution in [0.1, 0.15) is 18.2 Å². The second kappa shape index (κ2) is 6.82. The van der Waals surface area contributed by atoms with Crippen molar-refractivity contribution in [2.45, 2.75) is 19.0 Å². The quantitative estimate of drug-likeness (QED) is 0.403. The predicted octanol–water partition coefficient (Wildman–Crippen LogP) is 2.14. The molecule has 29 heavy (non-hydrogen) atoms. The van der Waals surface area contributed by atoms with Crippen molar-refractivity contribution >= 4 is 17.6 Å². The minimum atomic E-state index is -1.40. The molecule has 0 spiro atoms. The van der Waals surface area contributed by atoms with E-state index < -0.39 is 22.4 Å². The molecule has 0 radical (unpaired) electrons. The van der Waals surface area contributed by atoms with Crippen LogP contribution in [-0.4, -0.2) is 36.8 Å². The van der Waals surface area contributed by atoms with Crippen LogP contribution in [0.4, 0.5) is 10.5 Å². The molecule has 10 heteroatoms. The maximum absolute atomic E-state index is 13.0. The molecule has 2 heterocycles. The average Bonchev–Trinajstić information content (AvgIpc) is 3.28. The lowest BCUT2D eigenvalue weighted by atomic mass is 9.91. The highest BCUT2D eigenvalue weighted by Gasteiger charge is 2.49. The molecule has 0 aliphatic carbocycles. The normalized spacial score (nSPS) is 18.7. The van der Waals surface area contributed by atoms with Gasteiger partial charge in [0.05, 0.1) is 23.4 Å². The lowest BCUT2D eigenvalue weighted by Gasteiger charge is -2.21. The van der Waals surface area contributed by atoms with Crippen LogP contribution in [0.25, 0.3) is 5.69 Å². The number of carbonyl (C=O) groups is 2. The number of nitro groups is 1. The molecule has 1 aliphatic rings. The Morgan fingerprint density at radius 3 is 2.62 bits per heavy atom. The lowest BCUT2D eigenvalue weighted by Crippen LogP contribution is -2.40. The smallest absolute Gasteiger partial charge is 0.319 e. The van der Waals surface area contributed by atoms with E-state index in [4.69, 9.17) is 0 Å². The van der Waals surface area contributed by atoms with Crippen LogP contribution >= 0.6 is 0 Å². The molecule has 1 fully saturated rings. The van der Waals surface area contributed by atoms with Gasteiger partial charge in [0.25, 0.3) is 11.6 Å². The van der Waals surface area contributed by atoms with E-state index in [-0.39, 0.29) is 12.2 Å². The van der Waals surface area contributed by atoms with E-state index in [0.29, 0.717) is 11.3 Å². The van der Waals surface area contributed by atoms with Crippen LogP contribution in [0.5, 0.6) is 0 Å². The molecule has 0 saturated carbocycles. The topological polar surface area (TPSA) is 123 Å². The van der Waals surface area contributed by atoms with Gasteiger partial charge in [-0.15, -0.1) is 0 Å². The Morgan fingerprint density at radius 2 is 1.90 bits per heavy atom. The van der Waals surface area contributed by atoms with Crippen molar-refractivity contribution in [1.82, 2.24) is 25.2 Å². The minimum Gasteiger partial charge on any atom is -0.319 e. The van der Waals surface area contributed by atoms with Gasteiger partial charge in [0, 0.05) is 12.1 Å². The molecule has 1 atom stereocenters. The number of rotatable bonds is 5. The van der Waals surface area contributed by atoms with Gasteiger partial charge in [0.1, 0.15) is 11.2 Å². The largest absolute Gasteiger partial charge is 0.325 e. The number of urea groups is 1. The van der Waals surface area contributed by atoms with Gasteiger partial charge in [-0.25, -0.2) is 4.79 Å². The summed E-state index contributed by atoms with van der Waals surface area (Å²) in [4.78, 5) is 38.4. The zero-order valence-corrected chi connectivity index (χ0v) is 15.3. The fourth-order valence-electron chi connectivity index (χ4n) is 3.18. The summed E-state index contributed by atoms with van der Waals surface area (Å²) in [6.45, 7) is 1.45. The summed E-state index contributed by atoms with van der Waals surface area (Å²) in [6, 6.07) is 14.3. The van der Waals surface area contributed by atoms with Crippen molar-refractivity contribution in [2.75, 3.05) is 0 Å². The molecule has 1 aliphatic heterocycles. The third-order valence-corrected chi connectivity index (χ3v) is 4.76. The van der Waals surface area contributed by atoms with E-state index in [9.17, 15) is 19.7 Å². The third-order valence-electron chi connectivity index (χ3n) is 4.76. The maximum atomic E-state index is 13.0. The first-order valence-corrected chi connectivity index (χ1v) is 8.74. The van der Waals surface area contributed by atoms with Crippen molar-refractivity contribution in [2.24, 2.45) is 0 Å². The van der Waals surface area contributed by atoms with E-state index in [0.717, 1.165) is 10.6 Å². The van der Waals surface area contributed by atoms with E-state index in [1.807, 2.05) is 30.3 Å². The fourth-order valence-corrected chi connectivity index (χ4v) is 3.18. The summed E-state index contributed by atoms with van der Waals surface area (Å²) in [5.41, 5.74) is -0.0491. The number of amides is 3. The highest BCUT2D eigenvalue weighted by molar-refractivity contribution is 6.07. The van der Waals surface area contributed by atoms with Crippen LogP contribution in [0.2, 0.25) is 0 Å². The Hall–Kier alpha value is -4.08. The van der Waals surface area contributed by atoms with Gasteiger partial charge in [0.2, 0.25) is 0 Å². The Morgan fingerprint density at radius 1 is 1.14 bits per heavy atom. The minimum absolute atomic E-state index is 0.0674. The van der Waals surface area contributed by atoms with Gasteiger partial charge < -0.3 is 5.32 Å². The molecule has 4 rings (SSSR count). The van der Waals surface area contributed by atoms with Gasteiger partial charge in [-0.1, -0.05) is 30.3 Å². The van der Waals surface area contributed by atoms with Crippen LogP contribution in [0.3, 0.4) is 0 Å². The molecule has 0 unspecified atom stereocenters. The highest BCUT2D eigenvalue weighted by Crippen LogP contribution is 2.31. The van der Waals surface area contributed by atoms with Crippen LogP contribution in [0.15, 0.2) is 60.8 Å². The van der Waals surface area contributed by atoms with Gasteiger partial charge in [0.15, 0.2) is 0 Å². The van der Waals surface area contributed by atoms with Crippen LogP contribution in [-0.2, 0) is 16.9 Å². The number of hydrogen-bond acceptors (Lipinski definition) is 6. The second-order valence-electron chi connectivity index (χ2n) is 6.71. The van der Waals surface area contributed by atoms with Gasteiger partial charge in [-0.2, -0.15) is 15.0 Å². The first kappa shape index (κ1) is 18.3. The van der Waals surface area contributed by atoms with Crippen molar-refractivity contribution in [3.63, 3.8) is 0 Å². The molecule has 1 aromatic heterocycles. The maximum Gasteiger partial charge on any atom is 0.325 e. The summed E-state index contributed by atoms with van der Waals surface area (Å²) >= 11 is 0. The molecule has 10 nitrogen and oxygen atoms in total. The zero-order valence-electron chi connectivity index (χ0n) is 15.3. The summed E-state index contributed by atoms with van der Waals surface area (Å²) in [5, 5.41) is 22.2. The average molecular weight is 392 g/mol. The summed E-state index contributed by atoms with van der Waals surface area (Å²) < 4.78 is 0. The second-order valence-corrected chi connectivity index (χ2v) is 6.71. The van der Waals surface area contributed by atoms with Crippen molar-refractivity contribution in [3.8, 4) is 5.69 Å². The Kier molecular flexibility index (Phi) is 4.30. The predicted molar refractivity (Wildman–Crippen MR) is 101 cm³/mol. The Balaban J connectivity index is 1.58. The molecule has 3 amide bonds. The summed E-state index contributed by atoms with van der Waals surface area (Å²) in [7, 11) is 0. The number of aromatic nitrogens is 3. The number of non-ortho nitro benzene ring substituents is 1. The van der Waals surface area contributed by atoms with Gasteiger partial charge in [-0.3, -0.25) is 19.8 Å². The molecule has 0 bridgehead atoms. The van der Waals surface area contributed by atoms with Crippen molar-refractivity contribution in [1.29, 1.82) is 0 Å². The number of nitrogens with zero attached hydrogens (tertiary/aromatic N) is 5. The van der Waals surface area contributed by atoms with Gasteiger partial charge in [-0.05, 0) is 24.6 Å². The summed E-state index contributed by atoms with van der Waals surface area (Å²) in [5.74, 6) is -0.516. The van der Waals surface area contributed by atoms with E-state index in [1.165, 1.54) is 36.1 Å². The highest BCUT2D eigenvalue weighted by atomic mass is 16.6. The number of benzene rings is 2. The monoisotopic (exact) mass is 392 g/mol. The molecule has 146 valence electrons. The number of nitrogens with one attached hydrogen (secondary N) is 1. The Bertz CT molecular complexity index is 1110. The molecule has 3 aromatic rings. The zero-order chi connectivity index (χ0) is 20.6. The fraction of sp³-hybridized carbons (Fsp3) is 0.158. The van der Waals surface area contributed by atoms with E-state index >= 15 is 0 Å².